The highest BCUT2D eigenvalue weighted by Crippen LogP contribution is 2.53. The van der Waals surface area contributed by atoms with E-state index in [1.54, 1.807) is 0 Å². The zero-order valence-electron chi connectivity index (χ0n) is 18.9. The first-order valence-electron chi connectivity index (χ1n) is 10.6. The summed E-state index contributed by atoms with van der Waals surface area (Å²) in [6.45, 7) is 13.0. The molecule has 1 spiro atoms. The van der Waals surface area contributed by atoms with Gasteiger partial charge in [0.05, 0.1) is 34.5 Å². The van der Waals surface area contributed by atoms with Gasteiger partial charge < -0.3 is 14.7 Å². The van der Waals surface area contributed by atoms with E-state index in [0.29, 0.717) is 5.56 Å². The Labute approximate surface area is 183 Å². The van der Waals surface area contributed by atoms with Gasteiger partial charge in [0, 0.05) is 4.47 Å². The monoisotopic (exact) mass is 431 g/mol. The van der Waals surface area contributed by atoms with Gasteiger partial charge in [-0.3, -0.25) is 0 Å². The summed E-state index contributed by atoms with van der Waals surface area (Å²) in [6, 6.07) is 7.81. The van der Waals surface area contributed by atoms with Crippen molar-refractivity contribution in [2.24, 2.45) is 5.41 Å². The van der Waals surface area contributed by atoms with Gasteiger partial charge in [0.25, 0.3) is 0 Å². The van der Waals surface area contributed by atoms with Gasteiger partial charge in [0.1, 0.15) is 4.75 Å². The van der Waals surface area contributed by atoms with Crippen molar-refractivity contribution in [3.8, 4) is 6.07 Å². The maximum Gasteiger partial charge on any atom is 0.338 e. The number of hydrogen-bond donors (Lipinski definition) is 1. The van der Waals surface area contributed by atoms with Gasteiger partial charge in [-0.25, -0.2) is 4.79 Å². The molecule has 1 aromatic carbocycles. The van der Waals surface area contributed by atoms with Crippen molar-refractivity contribution in [1.82, 2.24) is 9.79 Å². The molecule has 1 saturated heterocycles. The molecule has 164 valence electrons. The van der Waals surface area contributed by atoms with Crippen LogP contribution < -0.4 is 5.32 Å². The van der Waals surface area contributed by atoms with Crippen molar-refractivity contribution in [2.75, 3.05) is 13.1 Å². The Bertz CT molecular complexity index is 845. The Morgan fingerprint density at radius 3 is 2.43 bits per heavy atom. The van der Waals surface area contributed by atoms with E-state index in [4.69, 9.17) is 4.84 Å². The molecule has 1 aliphatic carbocycles. The first-order valence-corrected chi connectivity index (χ1v) is 11.7. The Morgan fingerprint density at radius 2 is 1.90 bits per heavy atom. The van der Waals surface area contributed by atoms with Gasteiger partial charge in [-0.15, -0.1) is 0 Å². The van der Waals surface area contributed by atoms with Crippen LogP contribution in [0.1, 0.15) is 77.0 Å². The molecule has 1 aliphatic heterocycles. The number of hydroxylamine groups is 1. The van der Waals surface area contributed by atoms with E-state index in [0.717, 1.165) is 43.5 Å². The molecular formula is C23H33N3O3S. The van der Waals surface area contributed by atoms with Crippen molar-refractivity contribution in [1.29, 1.82) is 5.26 Å². The predicted molar refractivity (Wildman–Crippen MR) is 118 cm³/mol. The molecule has 2 atom stereocenters. The van der Waals surface area contributed by atoms with Gasteiger partial charge in [-0.05, 0) is 103 Å². The van der Waals surface area contributed by atoms with Crippen molar-refractivity contribution in [3.63, 3.8) is 0 Å². The van der Waals surface area contributed by atoms with Crippen LogP contribution in [0.15, 0.2) is 18.2 Å². The van der Waals surface area contributed by atoms with Crippen molar-refractivity contribution >= 4 is 17.3 Å². The average molecular weight is 432 g/mol. The third-order valence-corrected chi connectivity index (χ3v) is 7.94. The summed E-state index contributed by atoms with van der Waals surface area (Å²) in [4.78, 5) is 19.6. The highest BCUT2D eigenvalue weighted by Gasteiger charge is 2.53. The van der Waals surface area contributed by atoms with E-state index >= 15 is 0 Å². The molecule has 0 amide bonds. The lowest BCUT2D eigenvalue weighted by atomic mass is 9.69. The number of nitrogens with zero attached hydrogens (tertiary/aromatic N) is 2. The number of benzene rings is 1. The fourth-order valence-corrected chi connectivity index (χ4v) is 5.61. The van der Waals surface area contributed by atoms with Gasteiger partial charge in [0.2, 0.25) is 0 Å². The molecule has 3 rings (SSSR count). The van der Waals surface area contributed by atoms with Gasteiger partial charge in [-0.1, -0.05) is 6.07 Å². The quantitative estimate of drug-likeness (QED) is 0.581. The standard InChI is InChI=1S/C23H33N3O3S/c1-21(2,3)26(30(28)22(4,5)6)29-20(27)19-18-13-16(15-24)7-8-17(18)14-23(19)9-11-25-12-10-23/h7-8,13,19,25H,9-12,14H2,1-6H3/t19-,30+/m1/s1. The summed E-state index contributed by atoms with van der Waals surface area (Å²) in [5, 5.41) is 12.8. The number of rotatable bonds is 3. The summed E-state index contributed by atoms with van der Waals surface area (Å²) in [5.41, 5.74) is 1.69. The summed E-state index contributed by atoms with van der Waals surface area (Å²) in [6.07, 6.45) is 2.52. The molecule has 0 unspecified atom stereocenters. The van der Waals surface area contributed by atoms with Gasteiger partial charge in [-0.2, -0.15) is 5.26 Å². The van der Waals surface area contributed by atoms with E-state index in [9.17, 15) is 14.6 Å². The minimum absolute atomic E-state index is 0.231. The van der Waals surface area contributed by atoms with Crippen LogP contribution in [0.4, 0.5) is 0 Å². The van der Waals surface area contributed by atoms with Crippen LogP contribution >= 0.6 is 0 Å². The fraction of sp³-hybridized carbons (Fsp3) is 0.652. The fourth-order valence-electron chi connectivity index (χ4n) is 4.48. The third kappa shape index (κ3) is 4.38. The van der Waals surface area contributed by atoms with Crippen LogP contribution in [-0.2, 0) is 27.4 Å². The van der Waals surface area contributed by atoms with Gasteiger partial charge >= 0.3 is 5.97 Å². The summed E-state index contributed by atoms with van der Waals surface area (Å²) in [7, 11) is 0. The average Bonchev–Trinajstić information content (AvgIpc) is 2.96. The number of hydrogen-bond acceptors (Lipinski definition) is 6. The highest BCUT2D eigenvalue weighted by molar-refractivity contribution is 7.90. The second kappa shape index (κ2) is 8.16. The van der Waals surface area contributed by atoms with E-state index in [1.807, 2.05) is 59.7 Å². The topological polar surface area (TPSA) is 88.4 Å². The molecule has 1 aromatic rings. The molecule has 0 bridgehead atoms. The molecule has 1 heterocycles. The number of carbonyl (C=O) groups is 1. The van der Waals surface area contributed by atoms with Crippen molar-refractivity contribution in [3.05, 3.63) is 34.9 Å². The Kier molecular flexibility index (Phi) is 6.28. The van der Waals surface area contributed by atoms with Gasteiger partial charge in [0.15, 0.2) is 0 Å². The highest BCUT2D eigenvalue weighted by atomic mass is 32.2. The first-order chi connectivity index (χ1) is 13.9. The zero-order valence-corrected chi connectivity index (χ0v) is 19.7. The normalized spacial score (nSPS) is 21.9. The zero-order chi connectivity index (χ0) is 22.3. The Morgan fingerprint density at radius 1 is 1.27 bits per heavy atom. The second-order valence-electron chi connectivity index (χ2n) is 10.4. The second-order valence-corrected chi connectivity index (χ2v) is 12.5. The molecular weight excluding hydrogens is 398 g/mol. The molecule has 0 radical (unpaired) electrons. The van der Waals surface area contributed by atoms with E-state index < -0.39 is 27.6 Å². The van der Waals surface area contributed by atoms with Crippen LogP contribution in [0.5, 0.6) is 0 Å². The Hall–Kier alpha value is -1.59. The summed E-state index contributed by atoms with van der Waals surface area (Å²) >= 11 is -1.52. The lowest BCUT2D eigenvalue weighted by molar-refractivity contribution is -0.188. The molecule has 0 aromatic heterocycles. The number of nitrogens with one attached hydrogen (secondary N) is 1. The third-order valence-electron chi connectivity index (χ3n) is 5.97. The molecule has 2 aliphatic rings. The lowest BCUT2D eigenvalue weighted by Gasteiger charge is -2.41. The van der Waals surface area contributed by atoms with Crippen molar-refractivity contribution in [2.45, 2.75) is 77.0 Å². The minimum Gasteiger partial charge on any atom is -0.595 e. The van der Waals surface area contributed by atoms with E-state index in [1.165, 1.54) is 4.47 Å². The first kappa shape index (κ1) is 23.1. The van der Waals surface area contributed by atoms with Crippen LogP contribution in [0, 0.1) is 16.7 Å². The molecule has 1 N–H and O–H groups in total. The van der Waals surface area contributed by atoms with Crippen LogP contribution in [0.25, 0.3) is 0 Å². The lowest BCUT2D eigenvalue weighted by Crippen LogP contribution is -2.53. The molecule has 6 nitrogen and oxygen atoms in total. The number of piperidine rings is 1. The molecule has 30 heavy (non-hydrogen) atoms. The smallest absolute Gasteiger partial charge is 0.338 e. The predicted octanol–water partition coefficient (Wildman–Crippen LogP) is 3.59. The number of fused-ring (bicyclic) bond motifs is 1. The van der Waals surface area contributed by atoms with Crippen LogP contribution in [0.2, 0.25) is 0 Å². The summed E-state index contributed by atoms with van der Waals surface area (Å²) in [5.74, 6) is -0.844. The SMILES string of the molecule is CC(C)(C)N(OC(=O)[C@H]1c2cc(C#N)ccc2CC12CCNCC2)[S@@+]([O-])C(C)(C)C. The van der Waals surface area contributed by atoms with Crippen molar-refractivity contribution < 1.29 is 14.2 Å². The Balaban J connectivity index is 2.00. The van der Waals surface area contributed by atoms with Crippen LogP contribution in [-0.4, -0.2) is 38.4 Å². The minimum atomic E-state index is -1.52. The molecule has 7 heteroatoms. The number of nitriles is 1. The summed E-state index contributed by atoms with van der Waals surface area (Å²) < 4.78 is 14.0. The molecule has 0 saturated carbocycles. The van der Waals surface area contributed by atoms with E-state index in [-0.39, 0.29) is 11.4 Å². The van der Waals surface area contributed by atoms with E-state index in [2.05, 4.69) is 11.4 Å². The largest absolute Gasteiger partial charge is 0.595 e. The van der Waals surface area contributed by atoms with Crippen LogP contribution in [0.3, 0.4) is 0 Å². The molecule has 1 fully saturated rings. The maximum atomic E-state index is 13.7. The maximum absolute atomic E-state index is 13.7. The number of carbonyl (C=O) groups excluding carboxylic acids is 1.